The third-order valence-electron chi connectivity index (χ3n) is 3.75. The van der Waals surface area contributed by atoms with Crippen molar-refractivity contribution in [1.82, 2.24) is 19.7 Å². The van der Waals surface area contributed by atoms with Gasteiger partial charge in [0.2, 0.25) is 0 Å². The third-order valence-corrected chi connectivity index (χ3v) is 3.75. The number of amides is 1. The first kappa shape index (κ1) is 18.4. The van der Waals surface area contributed by atoms with E-state index in [1.807, 2.05) is 0 Å². The predicted octanol–water partition coefficient (Wildman–Crippen LogP) is 3.44. The normalized spacial score (nSPS) is 11.3. The van der Waals surface area contributed by atoms with Crippen LogP contribution in [0.3, 0.4) is 0 Å². The fraction of sp³-hybridized carbons (Fsp3) is 0.167. The number of hydrogen-bond acceptors (Lipinski definition) is 4. The molecule has 0 spiro atoms. The van der Waals surface area contributed by atoms with Crippen LogP contribution in [0, 0.1) is 0 Å². The number of ether oxygens (including phenoxy) is 1. The van der Waals surface area contributed by atoms with Crippen molar-refractivity contribution in [3.63, 3.8) is 0 Å². The molecule has 140 valence electrons. The highest BCUT2D eigenvalue weighted by Crippen LogP contribution is 2.27. The van der Waals surface area contributed by atoms with E-state index >= 15 is 0 Å². The third kappa shape index (κ3) is 4.63. The van der Waals surface area contributed by atoms with Gasteiger partial charge in [0.15, 0.2) is 0 Å². The molecule has 0 N–H and O–H groups in total. The lowest BCUT2D eigenvalue weighted by Crippen LogP contribution is -2.27. The van der Waals surface area contributed by atoms with Gasteiger partial charge in [0.1, 0.15) is 18.4 Å². The second-order valence-corrected chi connectivity index (χ2v) is 5.70. The van der Waals surface area contributed by atoms with Gasteiger partial charge >= 0.3 is 6.36 Å². The summed E-state index contributed by atoms with van der Waals surface area (Å²) >= 11 is 0. The van der Waals surface area contributed by atoms with Crippen molar-refractivity contribution in [3.05, 3.63) is 72.3 Å². The van der Waals surface area contributed by atoms with Crippen molar-refractivity contribution in [3.8, 4) is 11.4 Å². The van der Waals surface area contributed by atoms with E-state index in [0.29, 0.717) is 5.56 Å². The summed E-state index contributed by atoms with van der Waals surface area (Å²) in [5.74, 6) is -0.659. The molecule has 27 heavy (non-hydrogen) atoms. The van der Waals surface area contributed by atoms with E-state index in [1.54, 1.807) is 35.0 Å². The topological polar surface area (TPSA) is 60.2 Å². The van der Waals surface area contributed by atoms with E-state index in [0.717, 1.165) is 5.69 Å². The van der Waals surface area contributed by atoms with Crippen LogP contribution in [-0.4, -0.2) is 39.0 Å². The molecule has 1 amide bonds. The van der Waals surface area contributed by atoms with Crippen LogP contribution in [0.4, 0.5) is 13.2 Å². The molecular formula is C18H15F3N4O2. The molecule has 3 rings (SSSR count). The molecule has 0 aliphatic rings. The number of nitrogens with zero attached hydrogens (tertiary/aromatic N) is 4. The van der Waals surface area contributed by atoms with Crippen molar-refractivity contribution in [1.29, 1.82) is 0 Å². The van der Waals surface area contributed by atoms with Crippen LogP contribution in [-0.2, 0) is 6.54 Å². The minimum absolute atomic E-state index is 0.0318. The Morgan fingerprint density at radius 3 is 2.48 bits per heavy atom. The van der Waals surface area contributed by atoms with Gasteiger partial charge in [-0.1, -0.05) is 18.2 Å². The fourth-order valence-electron chi connectivity index (χ4n) is 2.50. The van der Waals surface area contributed by atoms with Gasteiger partial charge in [0, 0.05) is 24.7 Å². The van der Waals surface area contributed by atoms with E-state index in [4.69, 9.17) is 0 Å². The van der Waals surface area contributed by atoms with Gasteiger partial charge < -0.3 is 9.64 Å². The quantitative estimate of drug-likeness (QED) is 0.685. The number of carbonyl (C=O) groups excluding carboxylic acids is 1. The molecule has 0 atom stereocenters. The summed E-state index contributed by atoms with van der Waals surface area (Å²) in [6.07, 6.45) is -1.87. The van der Waals surface area contributed by atoms with Crippen molar-refractivity contribution in [2.24, 2.45) is 0 Å². The highest BCUT2D eigenvalue weighted by atomic mass is 19.4. The lowest BCUT2D eigenvalue weighted by atomic mass is 10.1. The Bertz CT molecular complexity index is 909. The summed E-state index contributed by atoms with van der Waals surface area (Å²) in [7, 11) is 1.51. The van der Waals surface area contributed by atoms with E-state index in [1.165, 1.54) is 42.8 Å². The molecule has 3 aromatic rings. The number of rotatable bonds is 5. The Balaban J connectivity index is 1.73. The Labute approximate surface area is 152 Å². The van der Waals surface area contributed by atoms with Gasteiger partial charge in [-0.3, -0.25) is 4.79 Å². The van der Waals surface area contributed by atoms with Crippen LogP contribution in [0.25, 0.3) is 5.69 Å². The first-order valence-corrected chi connectivity index (χ1v) is 7.88. The van der Waals surface area contributed by atoms with Crippen LogP contribution in [0.5, 0.6) is 5.75 Å². The number of para-hydroxylation sites is 1. The Hall–Kier alpha value is -3.36. The molecule has 1 heterocycles. The van der Waals surface area contributed by atoms with Crippen LogP contribution < -0.4 is 4.74 Å². The fourth-order valence-corrected chi connectivity index (χ4v) is 2.50. The smallest absolute Gasteiger partial charge is 0.405 e. The van der Waals surface area contributed by atoms with Crippen LogP contribution in [0.2, 0.25) is 0 Å². The first-order chi connectivity index (χ1) is 12.8. The van der Waals surface area contributed by atoms with Crippen molar-refractivity contribution in [2.45, 2.75) is 12.9 Å². The molecule has 0 fully saturated rings. The van der Waals surface area contributed by atoms with Crippen LogP contribution in [0.15, 0.2) is 61.2 Å². The van der Waals surface area contributed by atoms with E-state index < -0.39 is 6.36 Å². The lowest BCUT2D eigenvalue weighted by Gasteiger charge is -2.20. The summed E-state index contributed by atoms with van der Waals surface area (Å²) in [6.45, 7) is -0.0318. The van der Waals surface area contributed by atoms with Gasteiger partial charge in [0.05, 0.1) is 5.69 Å². The number of aromatic nitrogens is 3. The molecule has 0 aliphatic carbocycles. The van der Waals surface area contributed by atoms with Gasteiger partial charge in [-0.2, -0.15) is 5.10 Å². The molecule has 0 saturated heterocycles. The number of hydrogen-bond donors (Lipinski definition) is 0. The summed E-state index contributed by atoms with van der Waals surface area (Å²) in [5, 5.41) is 4.00. The summed E-state index contributed by atoms with van der Waals surface area (Å²) < 4.78 is 43.1. The van der Waals surface area contributed by atoms with Crippen molar-refractivity contribution < 1.29 is 22.7 Å². The molecular weight excluding hydrogens is 361 g/mol. The summed E-state index contributed by atoms with van der Waals surface area (Å²) in [4.78, 5) is 17.7. The Morgan fingerprint density at radius 2 is 1.85 bits per heavy atom. The number of alkyl halides is 3. The zero-order chi connectivity index (χ0) is 19.4. The van der Waals surface area contributed by atoms with Crippen molar-refractivity contribution in [2.75, 3.05) is 7.05 Å². The highest BCUT2D eigenvalue weighted by Gasteiger charge is 2.32. The maximum Gasteiger partial charge on any atom is 0.573 e. The number of halogens is 3. The first-order valence-electron chi connectivity index (χ1n) is 7.88. The maximum atomic E-state index is 12.6. The minimum atomic E-state index is -4.80. The van der Waals surface area contributed by atoms with E-state index in [9.17, 15) is 18.0 Å². The molecule has 0 radical (unpaired) electrons. The van der Waals surface area contributed by atoms with E-state index in [2.05, 4.69) is 14.8 Å². The second-order valence-electron chi connectivity index (χ2n) is 5.70. The molecule has 0 unspecified atom stereocenters. The predicted molar refractivity (Wildman–Crippen MR) is 90.3 cm³/mol. The maximum absolute atomic E-state index is 12.6. The molecule has 1 aromatic heterocycles. The van der Waals surface area contributed by atoms with Gasteiger partial charge in [-0.05, 0) is 30.3 Å². The highest BCUT2D eigenvalue weighted by molar-refractivity contribution is 5.94. The Morgan fingerprint density at radius 1 is 1.15 bits per heavy atom. The molecule has 0 bridgehead atoms. The van der Waals surface area contributed by atoms with Gasteiger partial charge in [-0.15, -0.1) is 13.2 Å². The summed E-state index contributed by atoms with van der Waals surface area (Å²) in [6, 6.07) is 12.4. The number of benzene rings is 2. The number of carbonyl (C=O) groups is 1. The zero-order valence-corrected chi connectivity index (χ0v) is 14.2. The average molecular weight is 376 g/mol. The van der Waals surface area contributed by atoms with Gasteiger partial charge in [0.25, 0.3) is 5.91 Å². The molecule has 9 heteroatoms. The van der Waals surface area contributed by atoms with Crippen LogP contribution >= 0.6 is 0 Å². The standard InChI is InChI=1S/C18H15F3N4O2/c1-24(10-14-4-2-3-5-16(14)27-18(19,20)21)17(26)13-6-8-15(9-7-13)25-12-22-11-23-25/h2-9,11-12H,10H2,1H3. The molecule has 6 nitrogen and oxygen atoms in total. The molecule has 0 aliphatic heterocycles. The lowest BCUT2D eigenvalue weighted by molar-refractivity contribution is -0.275. The average Bonchev–Trinajstić information content (AvgIpc) is 3.16. The van der Waals surface area contributed by atoms with Crippen LogP contribution in [0.1, 0.15) is 15.9 Å². The largest absolute Gasteiger partial charge is 0.573 e. The molecule has 0 saturated carbocycles. The second kappa shape index (κ2) is 7.48. The summed E-state index contributed by atoms with van der Waals surface area (Å²) in [5.41, 5.74) is 1.39. The Kier molecular flexibility index (Phi) is 5.11. The monoisotopic (exact) mass is 376 g/mol. The van der Waals surface area contributed by atoms with Gasteiger partial charge in [-0.25, -0.2) is 9.67 Å². The molecule has 2 aromatic carbocycles. The minimum Gasteiger partial charge on any atom is -0.405 e. The SMILES string of the molecule is CN(Cc1ccccc1OC(F)(F)F)C(=O)c1ccc(-n2cncn2)cc1. The zero-order valence-electron chi connectivity index (χ0n) is 14.2. The van der Waals surface area contributed by atoms with Crippen molar-refractivity contribution >= 4 is 5.91 Å². The van der Waals surface area contributed by atoms with E-state index in [-0.39, 0.29) is 23.8 Å².